The molecule has 1 N–H and O–H groups in total. The Morgan fingerprint density at radius 3 is 1.71 bits per heavy atom. The lowest BCUT2D eigenvalue weighted by Crippen LogP contribution is -2.62. The average molecular weight is 472 g/mol. The molecule has 0 radical (unpaired) electrons. The highest BCUT2D eigenvalue weighted by Crippen LogP contribution is 2.29. The lowest BCUT2D eigenvalue weighted by Gasteiger charge is -2.42. The Labute approximate surface area is 195 Å². The molecule has 10 nitrogen and oxygen atoms in total. The topological polar surface area (TPSA) is 135 Å². The van der Waals surface area contributed by atoms with Gasteiger partial charge in [-0.05, 0) is 24.3 Å². The fourth-order valence-corrected chi connectivity index (χ4v) is 3.35. The van der Waals surface area contributed by atoms with Crippen LogP contribution in [0.25, 0.3) is 0 Å². The van der Waals surface area contributed by atoms with Crippen LogP contribution in [0.5, 0.6) is 0 Å². The van der Waals surface area contributed by atoms with Gasteiger partial charge in [0.1, 0.15) is 12.7 Å². The number of carbonyl (C=O) groups excluding carboxylic acids is 4. The van der Waals surface area contributed by atoms with Crippen molar-refractivity contribution in [3.8, 4) is 0 Å². The number of hydrogen-bond donors (Lipinski definition) is 1. The van der Waals surface area contributed by atoms with Gasteiger partial charge in [0.05, 0.1) is 11.1 Å². The monoisotopic (exact) mass is 472 g/mol. The largest absolute Gasteiger partial charge is 0.463 e. The summed E-state index contributed by atoms with van der Waals surface area (Å²) in [7, 11) is 0. The summed E-state index contributed by atoms with van der Waals surface area (Å²) in [6.07, 6.45) is -7.38. The molecule has 0 aromatic heterocycles. The number of hydrogen-bond acceptors (Lipinski definition) is 10. The molecule has 5 atom stereocenters. The van der Waals surface area contributed by atoms with E-state index in [0.29, 0.717) is 0 Å². The number of aliphatic hydroxyl groups is 1. The van der Waals surface area contributed by atoms with E-state index >= 15 is 0 Å². The Balaban J connectivity index is 1.93. The second-order valence-electron chi connectivity index (χ2n) is 7.41. The molecule has 1 saturated heterocycles. The zero-order chi connectivity index (χ0) is 24.7. The minimum atomic E-state index is -1.78. The van der Waals surface area contributed by atoms with Crippen molar-refractivity contribution in [3.05, 3.63) is 71.8 Å². The SMILES string of the molecule is CC(=O)OC[C@H]1O[C@H](O)[C@H](OC(=O)c2ccccc2)[C@@H](OC(=O)c2ccccc2)[C@@H]1OC(C)=O. The van der Waals surface area contributed by atoms with Gasteiger partial charge in [-0.3, -0.25) is 9.59 Å². The highest BCUT2D eigenvalue weighted by atomic mass is 16.7. The standard InChI is InChI=1S/C24H24O10/c1-14(25)30-13-18-19(31-15(2)26)20(33-22(27)16-9-5-3-6-10-16)21(24(29)32-18)34-23(28)17-11-7-4-8-12-17/h3-12,18-21,24,29H,13H2,1-2H3/t18-,19-,20+,21-,24+/m1/s1. The first kappa shape index (κ1) is 24.9. The second-order valence-corrected chi connectivity index (χ2v) is 7.41. The molecule has 34 heavy (non-hydrogen) atoms. The lowest BCUT2D eigenvalue weighted by atomic mass is 9.98. The number of rotatable bonds is 7. The van der Waals surface area contributed by atoms with E-state index in [1.165, 1.54) is 24.3 Å². The van der Waals surface area contributed by atoms with Crippen LogP contribution < -0.4 is 0 Å². The summed E-state index contributed by atoms with van der Waals surface area (Å²) in [6.45, 7) is 1.87. The molecule has 0 aliphatic carbocycles. The van der Waals surface area contributed by atoms with E-state index in [2.05, 4.69) is 0 Å². The van der Waals surface area contributed by atoms with E-state index in [1.807, 2.05) is 0 Å². The van der Waals surface area contributed by atoms with Gasteiger partial charge in [-0.15, -0.1) is 0 Å². The van der Waals surface area contributed by atoms with Gasteiger partial charge in [0.2, 0.25) is 0 Å². The van der Waals surface area contributed by atoms with Crippen molar-refractivity contribution >= 4 is 23.9 Å². The molecule has 0 unspecified atom stereocenters. The highest BCUT2D eigenvalue weighted by molar-refractivity contribution is 5.90. The van der Waals surface area contributed by atoms with Gasteiger partial charge in [0, 0.05) is 13.8 Å². The van der Waals surface area contributed by atoms with Gasteiger partial charge in [0.25, 0.3) is 0 Å². The summed E-state index contributed by atoms with van der Waals surface area (Å²) >= 11 is 0. The minimum absolute atomic E-state index is 0.175. The quantitative estimate of drug-likeness (QED) is 0.468. The van der Waals surface area contributed by atoms with Crippen LogP contribution in [0.1, 0.15) is 34.6 Å². The number of aliphatic hydroxyl groups excluding tert-OH is 1. The van der Waals surface area contributed by atoms with Crippen molar-refractivity contribution in [1.82, 2.24) is 0 Å². The third kappa shape index (κ3) is 6.40. The van der Waals surface area contributed by atoms with E-state index in [4.69, 9.17) is 23.7 Å². The first-order valence-corrected chi connectivity index (χ1v) is 10.4. The molecule has 180 valence electrons. The zero-order valence-electron chi connectivity index (χ0n) is 18.5. The number of esters is 4. The van der Waals surface area contributed by atoms with E-state index in [1.54, 1.807) is 36.4 Å². The van der Waals surface area contributed by atoms with Crippen molar-refractivity contribution in [1.29, 1.82) is 0 Å². The van der Waals surface area contributed by atoms with Gasteiger partial charge >= 0.3 is 23.9 Å². The Morgan fingerprint density at radius 1 is 0.735 bits per heavy atom. The normalized spacial score (nSPS) is 23.9. The van der Waals surface area contributed by atoms with Crippen LogP contribution in [0, 0.1) is 0 Å². The fraction of sp³-hybridized carbons (Fsp3) is 0.333. The first-order valence-electron chi connectivity index (χ1n) is 10.4. The maximum absolute atomic E-state index is 12.8. The predicted molar refractivity (Wildman–Crippen MR) is 114 cm³/mol. The zero-order valence-corrected chi connectivity index (χ0v) is 18.5. The van der Waals surface area contributed by atoms with Gasteiger partial charge in [0.15, 0.2) is 24.6 Å². The van der Waals surface area contributed by atoms with Crippen LogP contribution in [0.3, 0.4) is 0 Å². The second kappa shape index (κ2) is 11.4. The molecule has 10 heteroatoms. The molecule has 0 bridgehead atoms. The predicted octanol–water partition coefficient (Wildman–Crippen LogP) is 1.65. The van der Waals surface area contributed by atoms with E-state index in [0.717, 1.165) is 13.8 Å². The number of benzene rings is 2. The Bertz CT molecular complexity index is 1010. The van der Waals surface area contributed by atoms with Crippen LogP contribution >= 0.6 is 0 Å². The molecule has 0 spiro atoms. The molecule has 0 amide bonds. The summed E-state index contributed by atoms with van der Waals surface area (Å²) in [5.41, 5.74) is 0.351. The molecule has 1 aliphatic rings. The molecule has 1 fully saturated rings. The van der Waals surface area contributed by atoms with Crippen LogP contribution in [-0.2, 0) is 33.3 Å². The fourth-order valence-electron chi connectivity index (χ4n) is 3.35. The third-order valence-electron chi connectivity index (χ3n) is 4.87. The molecule has 3 rings (SSSR count). The average Bonchev–Trinajstić information content (AvgIpc) is 2.82. The Hall–Kier alpha value is -3.76. The minimum Gasteiger partial charge on any atom is -0.463 e. The Kier molecular flexibility index (Phi) is 8.34. The van der Waals surface area contributed by atoms with Crippen molar-refractivity contribution in [2.45, 2.75) is 44.6 Å². The summed E-state index contributed by atoms with van der Waals surface area (Å²) in [6, 6.07) is 15.9. The van der Waals surface area contributed by atoms with Crippen molar-refractivity contribution in [3.63, 3.8) is 0 Å². The molecule has 1 heterocycles. The molecule has 2 aromatic rings. The molecular formula is C24H24O10. The van der Waals surface area contributed by atoms with E-state index in [9.17, 15) is 24.3 Å². The molecule has 0 saturated carbocycles. The van der Waals surface area contributed by atoms with Gasteiger partial charge in [-0.1, -0.05) is 36.4 Å². The van der Waals surface area contributed by atoms with Crippen LogP contribution in [-0.4, -0.2) is 66.3 Å². The maximum Gasteiger partial charge on any atom is 0.338 e. The molecular weight excluding hydrogens is 448 g/mol. The van der Waals surface area contributed by atoms with Gasteiger partial charge in [-0.25, -0.2) is 9.59 Å². The smallest absolute Gasteiger partial charge is 0.338 e. The van der Waals surface area contributed by atoms with Crippen molar-refractivity contribution in [2.24, 2.45) is 0 Å². The van der Waals surface area contributed by atoms with Crippen LogP contribution in [0.4, 0.5) is 0 Å². The van der Waals surface area contributed by atoms with Gasteiger partial charge < -0.3 is 28.8 Å². The number of ether oxygens (including phenoxy) is 5. The number of carbonyl (C=O) groups is 4. The first-order chi connectivity index (χ1) is 16.3. The summed E-state index contributed by atoms with van der Waals surface area (Å²) < 4.78 is 26.7. The third-order valence-corrected chi connectivity index (χ3v) is 4.87. The van der Waals surface area contributed by atoms with E-state index in [-0.39, 0.29) is 11.1 Å². The highest BCUT2D eigenvalue weighted by Gasteiger charge is 2.52. The summed E-state index contributed by atoms with van der Waals surface area (Å²) in [4.78, 5) is 48.6. The van der Waals surface area contributed by atoms with Crippen molar-refractivity contribution in [2.75, 3.05) is 6.61 Å². The van der Waals surface area contributed by atoms with Crippen LogP contribution in [0.2, 0.25) is 0 Å². The maximum atomic E-state index is 12.8. The van der Waals surface area contributed by atoms with Gasteiger partial charge in [-0.2, -0.15) is 0 Å². The van der Waals surface area contributed by atoms with E-state index < -0.39 is 61.2 Å². The Morgan fingerprint density at radius 2 is 1.24 bits per heavy atom. The molecule has 2 aromatic carbocycles. The van der Waals surface area contributed by atoms with Crippen molar-refractivity contribution < 1.29 is 48.0 Å². The van der Waals surface area contributed by atoms with Crippen LogP contribution in [0.15, 0.2) is 60.7 Å². The summed E-state index contributed by atoms with van der Waals surface area (Å²) in [5, 5.41) is 10.6. The summed E-state index contributed by atoms with van der Waals surface area (Å²) in [5.74, 6) is -3.04. The molecule has 1 aliphatic heterocycles. The lowest BCUT2D eigenvalue weighted by molar-refractivity contribution is -0.288.